The number of benzene rings is 1. The molecule has 0 heterocycles. The van der Waals surface area contributed by atoms with Crippen molar-refractivity contribution in [3.05, 3.63) is 29.3 Å². The first-order valence-electron chi connectivity index (χ1n) is 3.19. The number of halogens is 1. The van der Waals surface area contributed by atoms with Crippen molar-refractivity contribution in [1.82, 2.24) is 5.43 Å². The minimum absolute atomic E-state index is 0.548. The number of carbonyl (C=O) groups is 1. The molecule has 1 amide bonds. The molecule has 1 rings (SSSR count). The standard InChI is InChI=1S/C7H7ClN2O2/c8-5-2-1-3-6(4-5)9-10-7(11)12/h1-4,9-10H,(H,11,12). The van der Waals surface area contributed by atoms with Gasteiger partial charge in [-0.25, -0.2) is 10.2 Å². The number of amides is 1. The molecular formula is C7H7ClN2O2. The van der Waals surface area contributed by atoms with Crippen LogP contribution < -0.4 is 10.9 Å². The normalized spacial score (nSPS) is 9.08. The average molecular weight is 187 g/mol. The van der Waals surface area contributed by atoms with E-state index in [0.29, 0.717) is 10.7 Å². The molecule has 0 aliphatic carbocycles. The maximum absolute atomic E-state index is 10.1. The number of nitrogens with one attached hydrogen (secondary N) is 2. The summed E-state index contributed by atoms with van der Waals surface area (Å²) in [6.45, 7) is 0. The third-order valence-electron chi connectivity index (χ3n) is 1.14. The number of hydrazine groups is 1. The Bertz CT molecular complexity index is 290. The molecular weight excluding hydrogens is 180 g/mol. The van der Waals surface area contributed by atoms with Crippen molar-refractivity contribution in [2.75, 3.05) is 5.43 Å². The van der Waals surface area contributed by atoms with Crippen molar-refractivity contribution < 1.29 is 9.90 Å². The molecule has 1 aromatic rings. The van der Waals surface area contributed by atoms with Gasteiger partial charge in [0.25, 0.3) is 0 Å². The van der Waals surface area contributed by atoms with Crippen molar-refractivity contribution in [2.24, 2.45) is 0 Å². The quantitative estimate of drug-likeness (QED) is 0.619. The predicted molar refractivity (Wildman–Crippen MR) is 46.2 cm³/mol. The molecule has 0 bridgehead atoms. The lowest BCUT2D eigenvalue weighted by Gasteiger charge is -2.04. The minimum atomic E-state index is -1.14. The second-order valence-electron chi connectivity index (χ2n) is 2.07. The molecule has 0 unspecified atom stereocenters. The molecule has 5 heteroatoms. The van der Waals surface area contributed by atoms with E-state index in [1.54, 1.807) is 24.3 Å². The van der Waals surface area contributed by atoms with E-state index in [1.807, 2.05) is 5.43 Å². The van der Waals surface area contributed by atoms with Crippen LogP contribution in [0.15, 0.2) is 24.3 Å². The van der Waals surface area contributed by atoms with Gasteiger partial charge in [0, 0.05) is 5.02 Å². The van der Waals surface area contributed by atoms with E-state index in [0.717, 1.165) is 0 Å². The second kappa shape index (κ2) is 3.82. The van der Waals surface area contributed by atoms with Gasteiger partial charge in [0.15, 0.2) is 0 Å². The Balaban J connectivity index is 2.57. The van der Waals surface area contributed by atoms with Gasteiger partial charge in [0.05, 0.1) is 5.69 Å². The average Bonchev–Trinajstić information content (AvgIpc) is 2.01. The van der Waals surface area contributed by atoms with Crippen LogP contribution in [0.2, 0.25) is 5.02 Å². The summed E-state index contributed by atoms with van der Waals surface area (Å²) in [5, 5.41) is 8.79. The third-order valence-corrected chi connectivity index (χ3v) is 1.37. The summed E-state index contributed by atoms with van der Waals surface area (Å²) in [7, 11) is 0. The van der Waals surface area contributed by atoms with Crippen LogP contribution in [-0.4, -0.2) is 11.2 Å². The summed E-state index contributed by atoms with van der Waals surface area (Å²) in [5.41, 5.74) is 5.05. The lowest BCUT2D eigenvalue weighted by molar-refractivity contribution is 0.197. The summed E-state index contributed by atoms with van der Waals surface area (Å²) in [6, 6.07) is 6.72. The SMILES string of the molecule is O=C(O)NNc1cccc(Cl)c1. The first-order chi connectivity index (χ1) is 5.68. The molecule has 0 atom stereocenters. The summed E-state index contributed by atoms with van der Waals surface area (Å²) in [6.07, 6.45) is -1.14. The first kappa shape index (κ1) is 8.67. The van der Waals surface area contributed by atoms with Crippen molar-refractivity contribution >= 4 is 23.4 Å². The van der Waals surface area contributed by atoms with Gasteiger partial charge in [-0.15, -0.1) is 0 Å². The Hall–Kier alpha value is -1.42. The Morgan fingerprint density at radius 1 is 1.50 bits per heavy atom. The van der Waals surface area contributed by atoms with E-state index in [-0.39, 0.29) is 0 Å². The van der Waals surface area contributed by atoms with Crippen LogP contribution >= 0.6 is 11.6 Å². The number of rotatable bonds is 2. The number of anilines is 1. The van der Waals surface area contributed by atoms with Crippen molar-refractivity contribution in [3.63, 3.8) is 0 Å². The molecule has 0 fully saturated rings. The molecule has 64 valence electrons. The number of carboxylic acid groups (broad SMARTS) is 1. The van der Waals surface area contributed by atoms with Crippen LogP contribution in [0.4, 0.5) is 10.5 Å². The highest BCUT2D eigenvalue weighted by atomic mass is 35.5. The van der Waals surface area contributed by atoms with Gasteiger partial charge in [-0.05, 0) is 18.2 Å². The van der Waals surface area contributed by atoms with E-state index < -0.39 is 6.09 Å². The van der Waals surface area contributed by atoms with Crippen LogP contribution in [0.25, 0.3) is 0 Å². The smallest absolute Gasteiger partial charge is 0.423 e. The maximum Gasteiger partial charge on any atom is 0.423 e. The van der Waals surface area contributed by atoms with Gasteiger partial charge in [0.2, 0.25) is 0 Å². The monoisotopic (exact) mass is 186 g/mol. The zero-order valence-electron chi connectivity index (χ0n) is 6.04. The molecule has 12 heavy (non-hydrogen) atoms. The highest BCUT2D eigenvalue weighted by Crippen LogP contribution is 2.13. The Labute approximate surface area is 74.1 Å². The molecule has 1 aromatic carbocycles. The molecule has 0 aliphatic heterocycles. The van der Waals surface area contributed by atoms with Crippen LogP contribution in [0.1, 0.15) is 0 Å². The fraction of sp³-hybridized carbons (Fsp3) is 0. The zero-order valence-corrected chi connectivity index (χ0v) is 6.80. The third kappa shape index (κ3) is 2.67. The van der Waals surface area contributed by atoms with Gasteiger partial charge in [-0.3, -0.25) is 5.43 Å². The number of hydrogen-bond acceptors (Lipinski definition) is 2. The van der Waals surface area contributed by atoms with Crippen LogP contribution in [0.3, 0.4) is 0 Å². The molecule has 0 aliphatic rings. The van der Waals surface area contributed by atoms with Crippen molar-refractivity contribution in [2.45, 2.75) is 0 Å². The van der Waals surface area contributed by atoms with E-state index in [2.05, 4.69) is 5.43 Å². The minimum Gasteiger partial charge on any atom is -0.464 e. The molecule has 4 nitrogen and oxygen atoms in total. The van der Waals surface area contributed by atoms with Crippen LogP contribution in [0, 0.1) is 0 Å². The molecule has 0 saturated carbocycles. The topological polar surface area (TPSA) is 61.4 Å². The maximum atomic E-state index is 10.1. The lowest BCUT2D eigenvalue weighted by atomic mass is 10.3. The summed E-state index contributed by atoms with van der Waals surface area (Å²) in [5.74, 6) is 0. The van der Waals surface area contributed by atoms with E-state index >= 15 is 0 Å². The van der Waals surface area contributed by atoms with Crippen molar-refractivity contribution in [1.29, 1.82) is 0 Å². The van der Waals surface area contributed by atoms with Crippen molar-refractivity contribution in [3.8, 4) is 0 Å². The molecule has 0 aromatic heterocycles. The van der Waals surface area contributed by atoms with E-state index in [9.17, 15) is 4.79 Å². The second-order valence-corrected chi connectivity index (χ2v) is 2.50. The lowest BCUT2D eigenvalue weighted by Crippen LogP contribution is -2.27. The van der Waals surface area contributed by atoms with Crippen LogP contribution in [-0.2, 0) is 0 Å². The predicted octanol–water partition coefficient (Wildman–Crippen LogP) is 1.93. The highest BCUT2D eigenvalue weighted by Gasteiger charge is 1.94. The van der Waals surface area contributed by atoms with E-state index in [1.165, 1.54) is 0 Å². The molecule has 0 spiro atoms. The highest BCUT2D eigenvalue weighted by molar-refractivity contribution is 6.30. The van der Waals surface area contributed by atoms with Gasteiger partial charge >= 0.3 is 6.09 Å². The molecule has 3 N–H and O–H groups in total. The Morgan fingerprint density at radius 2 is 2.25 bits per heavy atom. The van der Waals surface area contributed by atoms with Gasteiger partial charge in [-0.1, -0.05) is 17.7 Å². The Kier molecular flexibility index (Phi) is 2.76. The van der Waals surface area contributed by atoms with Gasteiger partial charge < -0.3 is 5.11 Å². The summed E-state index contributed by atoms with van der Waals surface area (Å²) < 4.78 is 0. The van der Waals surface area contributed by atoms with Gasteiger partial charge in [0.1, 0.15) is 0 Å². The zero-order chi connectivity index (χ0) is 8.97. The summed E-state index contributed by atoms with van der Waals surface area (Å²) in [4.78, 5) is 10.1. The molecule has 0 saturated heterocycles. The molecule has 0 radical (unpaired) electrons. The van der Waals surface area contributed by atoms with E-state index in [4.69, 9.17) is 16.7 Å². The first-order valence-corrected chi connectivity index (χ1v) is 3.57. The van der Waals surface area contributed by atoms with Gasteiger partial charge in [-0.2, -0.15) is 0 Å². The Morgan fingerprint density at radius 3 is 2.83 bits per heavy atom. The largest absolute Gasteiger partial charge is 0.464 e. The number of hydrogen-bond donors (Lipinski definition) is 3. The summed E-state index contributed by atoms with van der Waals surface area (Å²) >= 11 is 5.64. The van der Waals surface area contributed by atoms with Crippen LogP contribution in [0.5, 0.6) is 0 Å². The fourth-order valence-corrected chi connectivity index (χ4v) is 0.882. The fourth-order valence-electron chi connectivity index (χ4n) is 0.692.